The summed E-state index contributed by atoms with van der Waals surface area (Å²) < 4.78 is 28.3. The molecule has 6 nitrogen and oxygen atoms in total. The zero-order chi connectivity index (χ0) is 18.0. The number of carbonyl (C=O) groups is 1. The Morgan fingerprint density at radius 1 is 1.32 bits per heavy atom. The van der Waals surface area contributed by atoms with Crippen molar-refractivity contribution < 1.29 is 13.2 Å². The smallest absolute Gasteiger partial charge is 0.241 e. The SMILES string of the molecule is CCC(NS(=O)(=O)c1cccc2[nH]ccc12)C(=O)N1CCC(C)CC1. The molecule has 1 aromatic carbocycles. The molecule has 0 saturated carbocycles. The molecule has 1 unspecified atom stereocenters. The van der Waals surface area contributed by atoms with Crippen LogP contribution in [-0.2, 0) is 14.8 Å². The van der Waals surface area contributed by atoms with E-state index in [0.29, 0.717) is 30.8 Å². The Morgan fingerprint density at radius 2 is 2.04 bits per heavy atom. The standard InChI is InChI=1S/C18H25N3O3S/c1-3-15(18(22)21-11-8-13(2)9-12-21)20-25(23,24)17-6-4-5-16-14(17)7-10-19-16/h4-7,10,13,15,19-20H,3,8-9,11-12H2,1-2H3. The average molecular weight is 363 g/mol. The van der Waals surface area contributed by atoms with Crippen molar-refractivity contribution in [1.29, 1.82) is 0 Å². The molecule has 3 rings (SSSR count). The molecule has 1 aliphatic rings. The van der Waals surface area contributed by atoms with E-state index < -0.39 is 16.1 Å². The van der Waals surface area contributed by atoms with Crippen LogP contribution in [0.15, 0.2) is 35.4 Å². The number of hydrogen-bond acceptors (Lipinski definition) is 3. The highest BCUT2D eigenvalue weighted by Crippen LogP contribution is 2.23. The number of likely N-dealkylation sites (tertiary alicyclic amines) is 1. The molecule has 136 valence electrons. The van der Waals surface area contributed by atoms with Crippen molar-refractivity contribution >= 4 is 26.8 Å². The number of nitrogens with zero attached hydrogens (tertiary/aromatic N) is 1. The maximum absolute atomic E-state index is 12.9. The second kappa shape index (κ2) is 7.17. The minimum absolute atomic E-state index is 0.126. The van der Waals surface area contributed by atoms with Crippen molar-refractivity contribution in [2.75, 3.05) is 13.1 Å². The van der Waals surface area contributed by atoms with E-state index in [0.717, 1.165) is 18.4 Å². The number of piperidine rings is 1. The summed E-state index contributed by atoms with van der Waals surface area (Å²) in [5.74, 6) is 0.492. The van der Waals surface area contributed by atoms with Crippen LogP contribution in [0, 0.1) is 5.92 Å². The predicted octanol–water partition coefficient (Wildman–Crippen LogP) is 2.48. The lowest BCUT2D eigenvalue weighted by Gasteiger charge is -2.33. The molecule has 0 spiro atoms. The van der Waals surface area contributed by atoms with E-state index in [2.05, 4.69) is 16.6 Å². The molecule has 2 N–H and O–H groups in total. The average Bonchev–Trinajstić information content (AvgIpc) is 3.08. The topological polar surface area (TPSA) is 82.3 Å². The van der Waals surface area contributed by atoms with Crippen LogP contribution in [0.5, 0.6) is 0 Å². The van der Waals surface area contributed by atoms with E-state index in [1.165, 1.54) is 0 Å². The number of aromatic nitrogens is 1. The number of amides is 1. The summed E-state index contributed by atoms with van der Waals surface area (Å²) in [6.07, 6.45) is 4.07. The van der Waals surface area contributed by atoms with Crippen molar-refractivity contribution in [1.82, 2.24) is 14.6 Å². The minimum atomic E-state index is -3.78. The lowest BCUT2D eigenvalue weighted by atomic mass is 9.98. The number of hydrogen-bond donors (Lipinski definition) is 2. The van der Waals surface area contributed by atoms with Gasteiger partial charge in [-0.05, 0) is 43.4 Å². The molecule has 1 aromatic heterocycles. The Kier molecular flexibility index (Phi) is 5.15. The molecule has 2 heterocycles. The highest BCUT2D eigenvalue weighted by Gasteiger charge is 2.30. The molecule has 0 radical (unpaired) electrons. The van der Waals surface area contributed by atoms with Gasteiger partial charge in [-0.15, -0.1) is 0 Å². The third-order valence-corrected chi connectivity index (χ3v) is 6.47. The third kappa shape index (κ3) is 3.72. The van der Waals surface area contributed by atoms with Gasteiger partial charge in [-0.2, -0.15) is 4.72 Å². The van der Waals surface area contributed by atoms with Crippen LogP contribution in [0.25, 0.3) is 10.9 Å². The number of rotatable bonds is 5. The monoisotopic (exact) mass is 363 g/mol. The van der Waals surface area contributed by atoms with Gasteiger partial charge in [0.05, 0.1) is 4.90 Å². The summed E-state index contributed by atoms with van der Waals surface area (Å²) in [6, 6.07) is 6.10. The molecule has 7 heteroatoms. The fourth-order valence-electron chi connectivity index (χ4n) is 3.30. The largest absolute Gasteiger partial charge is 0.361 e. The van der Waals surface area contributed by atoms with Crippen LogP contribution in [0.3, 0.4) is 0 Å². The number of carbonyl (C=O) groups excluding carboxylic acids is 1. The summed E-state index contributed by atoms with van der Waals surface area (Å²) >= 11 is 0. The van der Waals surface area contributed by atoms with Gasteiger partial charge < -0.3 is 9.88 Å². The molecule has 0 aliphatic carbocycles. The van der Waals surface area contributed by atoms with E-state index in [4.69, 9.17) is 0 Å². The fraction of sp³-hybridized carbons (Fsp3) is 0.500. The number of nitrogens with one attached hydrogen (secondary N) is 2. The van der Waals surface area contributed by atoms with Gasteiger partial charge in [0.1, 0.15) is 6.04 Å². The first kappa shape index (κ1) is 17.9. The van der Waals surface area contributed by atoms with Crippen molar-refractivity contribution in [2.24, 2.45) is 5.92 Å². The molecule has 25 heavy (non-hydrogen) atoms. The third-order valence-electron chi connectivity index (χ3n) is 4.94. The van der Waals surface area contributed by atoms with Crippen molar-refractivity contribution in [3.05, 3.63) is 30.5 Å². The highest BCUT2D eigenvalue weighted by molar-refractivity contribution is 7.89. The lowest BCUT2D eigenvalue weighted by Crippen LogP contribution is -2.50. The molecule has 1 atom stereocenters. The molecule has 1 saturated heterocycles. The Bertz CT molecular complexity index is 851. The highest BCUT2D eigenvalue weighted by atomic mass is 32.2. The van der Waals surface area contributed by atoms with Gasteiger partial charge in [-0.25, -0.2) is 8.42 Å². The molecular formula is C18H25N3O3S. The fourth-order valence-corrected chi connectivity index (χ4v) is 4.79. The minimum Gasteiger partial charge on any atom is -0.361 e. The Labute approximate surface area is 148 Å². The first-order valence-corrected chi connectivity index (χ1v) is 10.3. The Hall–Kier alpha value is -1.86. The molecule has 1 aliphatic heterocycles. The summed E-state index contributed by atoms with van der Waals surface area (Å²) in [4.78, 5) is 17.7. The number of sulfonamides is 1. The molecule has 1 fully saturated rings. The molecule has 1 amide bonds. The van der Waals surface area contributed by atoms with Crippen LogP contribution in [0.2, 0.25) is 0 Å². The number of aromatic amines is 1. The summed E-state index contributed by atoms with van der Waals surface area (Å²) in [7, 11) is -3.78. The Morgan fingerprint density at radius 3 is 2.72 bits per heavy atom. The van der Waals surface area contributed by atoms with E-state index in [-0.39, 0.29) is 10.8 Å². The van der Waals surface area contributed by atoms with Crippen LogP contribution < -0.4 is 4.72 Å². The van der Waals surface area contributed by atoms with Crippen molar-refractivity contribution in [3.63, 3.8) is 0 Å². The van der Waals surface area contributed by atoms with Gasteiger partial charge >= 0.3 is 0 Å². The number of H-pyrrole nitrogens is 1. The first-order chi connectivity index (χ1) is 11.9. The maximum atomic E-state index is 12.9. The molecular weight excluding hydrogens is 338 g/mol. The second-order valence-electron chi connectivity index (χ2n) is 6.78. The molecule has 2 aromatic rings. The van der Waals surface area contributed by atoms with Gasteiger partial charge in [0.15, 0.2) is 0 Å². The van der Waals surface area contributed by atoms with Crippen LogP contribution in [-0.4, -0.2) is 43.3 Å². The first-order valence-electron chi connectivity index (χ1n) is 8.79. The Balaban J connectivity index is 1.80. The van der Waals surface area contributed by atoms with E-state index in [1.807, 2.05) is 13.0 Å². The summed E-state index contributed by atoms with van der Waals surface area (Å²) in [6.45, 7) is 5.41. The zero-order valence-electron chi connectivity index (χ0n) is 14.7. The van der Waals surface area contributed by atoms with Gasteiger partial charge in [0.25, 0.3) is 0 Å². The normalized spacial score (nSPS) is 17.8. The summed E-state index contributed by atoms with van der Waals surface area (Å²) in [5, 5.41) is 0.629. The van der Waals surface area contributed by atoms with E-state index in [1.54, 1.807) is 29.3 Å². The zero-order valence-corrected chi connectivity index (χ0v) is 15.5. The number of fused-ring (bicyclic) bond motifs is 1. The summed E-state index contributed by atoms with van der Waals surface area (Å²) in [5.41, 5.74) is 0.757. The lowest BCUT2D eigenvalue weighted by molar-refractivity contribution is -0.134. The van der Waals surface area contributed by atoms with Gasteiger partial charge in [0, 0.05) is 30.2 Å². The number of benzene rings is 1. The van der Waals surface area contributed by atoms with E-state index in [9.17, 15) is 13.2 Å². The maximum Gasteiger partial charge on any atom is 0.241 e. The van der Waals surface area contributed by atoms with Gasteiger partial charge in [-0.1, -0.05) is 19.9 Å². The quantitative estimate of drug-likeness (QED) is 0.856. The van der Waals surface area contributed by atoms with Crippen molar-refractivity contribution in [2.45, 2.75) is 44.0 Å². The molecule has 0 bridgehead atoms. The van der Waals surface area contributed by atoms with Crippen LogP contribution in [0.1, 0.15) is 33.1 Å². The van der Waals surface area contributed by atoms with Crippen molar-refractivity contribution in [3.8, 4) is 0 Å². The second-order valence-corrected chi connectivity index (χ2v) is 8.47. The van der Waals surface area contributed by atoms with Gasteiger partial charge in [-0.3, -0.25) is 4.79 Å². The van der Waals surface area contributed by atoms with E-state index >= 15 is 0 Å². The van der Waals surface area contributed by atoms with Crippen LogP contribution in [0.4, 0.5) is 0 Å². The van der Waals surface area contributed by atoms with Gasteiger partial charge in [0.2, 0.25) is 15.9 Å². The predicted molar refractivity (Wildman–Crippen MR) is 97.7 cm³/mol. The van der Waals surface area contributed by atoms with Crippen LogP contribution >= 0.6 is 0 Å².